The number of anilines is 1. The van der Waals surface area contributed by atoms with E-state index in [0.29, 0.717) is 5.69 Å². The van der Waals surface area contributed by atoms with Gasteiger partial charge in [-0.1, -0.05) is 23.4 Å². The van der Waals surface area contributed by atoms with Crippen LogP contribution in [0.25, 0.3) is 16.6 Å². The summed E-state index contributed by atoms with van der Waals surface area (Å²) in [6.07, 6.45) is -4.58. The Bertz CT molecular complexity index is 1010. The molecule has 0 aliphatic heterocycles. The Hall–Kier alpha value is -2.64. The molecule has 26 heavy (non-hydrogen) atoms. The van der Waals surface area contributed by atoms with Gasteiger partial charge in [-0.05, 0) is 30.3 Å². The summed E-state index contributed by atoms with van der Waals surface area (Å²) in [5, 5.41) is 0.722. The second kappa shape index (κ2) is 6.27. The number of hydrogen-bond donors (Lipinski definition) is 1. The number of hydrogen-bond acceptors (Lipinski definition) is 3. The standard InChI is InChI=1S/C16H9B3F3N3O/c17-16(18,19)24-13-11-7-6-9(15(20,21)22)8-12(11)25(14(26)23-13)10-4-2-1-3-5-10/h1-8H,(H,23,24,26). The lowest BCUT2D eigenvalue weighted by atomic mass is 9.49. The number of nitrogens with one attached hydrogen (secondary N) is 1. The maximum atomic E-state index is 13.1. The van der Waals surface area contributed by atoms with Crippen molar-refractivity contribution in [2.24, 2.45) is 0 Å². The fourth-order valence-corrected chi connectivity index (χ4v) is 2.53. The number of nitrogens with zero attached hydrogens (tertiary/aromatic N) is 2. The maximum absolute atomic E-state index is 13.1. The topological polar surface area (TPSA) is 46.9 Å². The van der Waals surface area contributed by atoms with Crippen LogP contribution in [0, 0.1) is 0 Å². The van der Waals surface area contributed by atoms with E-state index in [2.05, 4.69) is 10.3 Å². The van der Waals surface area contributed by atoms with Crippen molar-refractivity contribution in [3.05, 3.63) is 64.6 Å². The predicted molar refractivity (Wildman–Crippen MR) is 96.0 cm³/mol. The van der Waals surface area contributed by atoms with Crippen LogP contribution < -0.4 is 11.0 Å². The Morgan fingerprint density at radius 3 is 2.23 bits per heavy atom. The van der Waals surface area contributed by atoms with Crippen LogP contribution in [0.4, 0.5) is 19.0 Å². The number of benzene rings is 2. The number of para-hydroxylation sites is 1. The van der Waals surface area contributed by atoms with E-state index in [-0.39, 0.29) is 16.7 Å². The minimum absolute atomic E-state index is 0.0159. The third-order valence-electron chi connectivity index (χ3n) is 3.57. The average molecular weight is 349 g/mol. The lowest BCUT2D eigenvalue weighted by Crippen LogP contribution is -2.41. The molecule has 1 aromatic heterocycles. The molecule has 0 bridgehead atoms. The van der Waals surface area contributed by atoms with Crippen LogP contribution in [-0.2, 0) is 6.18 Å². The minimum atomic E-state index is -4.58. The van der Waals surface area contributed by atoms with Crippen LogP contribution >= 0.6 is 0 Å². The Labute approximate surface area is 150 Å². The highest BCUT2D eigenvalue weighted by molar-refractivity contribution is 6.60. The molecule has 2 aromatic carbocycles. The number of rotatable bonds is 3. The summed E-state index contributed by atoms with van der Waals surface area (Å²) in [4.78, 5) is 16.3. The molecule has 124 valence electrons. The highest BCUT2D eigenvalue weighted by Crippen LogP contribution is 2.33. The van der Waals surface area contributed by atoms with Gasteiger partial charge >= 0.3 is 11.9 Å². The van der Waals surface area contributed by atoms with Gasteiger partial charge in [0.25, 0.3) is 0 Å². The van der Waals surface area contributed by atoms with Crippen LogP contribution in [0.2, 0.25) is 0 Å². The molecule has 0 saturated carbocycles. The predicted octanol–water partition coefficient (Wildman–Crippen LogP) is 1.93. The quantitative estimate of drug-likeness (QED) is 0.736. The van der Waals surface area contributed by atoms with E-state index in [4.69, 9.17) is 23.5 Å². The van der Waals surface area contributed by atoms with E-state index in [9.17, 15) is 18.0 Å². The van der Waals surface area contributed by atoms with Gasteiger partial charge in [0.15, 0.2) is 0 Å². The molecular weight excluding hydrogens is 340 g/mol. The van der Waals surface area contributed by atoms with Gasteiger partial charge < -0.3 is 5.32 Å². The molecule has 4 nitrogen and oxygen atoms in total. The van der Waals surface area contributed by atoms with E-state index in [0.717, 1.165) is 16.7 Å². The zero-order valence-corrected chi connectivity index (χ0v) is 13.3. The number of halogens is 3. The monoisotopic (exact) mass is 349 g/mol. The number of fused-ring (bicyclic) bond motifs is 1. The summed E-state index contributed by atoms with van der Waals surface area (Å²) < 4.78 is 40.5. The molecule has 0 aliphatic rings. The van der Waals surface area contributed by atoms with Gasteiger partial charge in [0.05, 0.1) is 40.3 Å². The molecule has 3 rings (SSSR count). The normalized spacial score (nSPS) is 12.3. The van der Waals surface area contributed by atoms with Crippen molar-refractivity contribution >= 4 is 40.3 Å². The van der Waals surface area contributed by atoms with Crippen molar-refractivity contribution in [1.82, 2.24) is 9.55 Å². The van der Waals surface area contributed by atoms with Gasteiger partial charge in [0.1, 0.15) is 5.82 Å². The third kappa shape index (κ3) is 3.64. The van der Waals surface area contributed by atoms with Crippen molar-refractivity contribution in [3.63, 3.8) is 0 Å². The first-order valence-corrected chi connectivity index (χ1v) is 7.40. The van der Waals surface area contributed by atoms with Gasteiger partial charge in [-0.2, -0.15) is 18.2 Å². The molecule has 1 heterocycles. The van der Waals surface area contributed by atoms with Gasteiger partial charge in [0, 0.05) is 5.39 Å². The van der Waals surface area contributed by atoms with Crippen LogP contribution in [-0.4, -0.2) is 38.3 Å². The van der Waals surface area contributed by atoms with Gasteiger partial charge in [0.2, 0.25) is 0 Å². The van der Waals surface area contributed by atoms with Crippen molar-refractivity contribution < 1.29 is 13.2 Å². The maximum Gasteiger partial charge on any atom is 0.416 e. The Balaban J connectivity index is 2.38. The van der Waals surface area contributed by atoms with E-state index < -0.39 is 22.7 Å². The molecule has 0 saturated heterocycles. The van der Waals surface area contributed by atoms with Crippen molar-refractivity contribution in [1.29, 1.82) is 0 Å². The first-order valence-electron chi connectivity index (χ1n) is 7.40. The average Bonchev–Trinajstić information content (AvgIpc) is 2.53. The number of aromatic nitrogens is 2. The van der Waals surface area contributed by atoms with Gasteiger partial charge in [-0.25, -0.2) is 4.79 Å². The fraction of sp³-hybridized carbons (Fsp3) is 0.125. The summed E-state index contributed by atoms with van der Waals surface area (Å²) in [5.74, 6) is -0.113. The smallest absolute Gasteiger partial charge is 0.389 e. The molecular formula is C16H9B3F3N3O. The lowest BCUT2D eigenvalue weighted by molar-refractivity contribution is -0.137. The zero-order valence-electron chi connectivity index (χ0n) is 13.3. The first kappa shape index (κ1) is 18.2. The summed E-state index contributed by atoms with van der Waals surface area (Å²) in [6.45, 7) is 0. The summed E-state index contributed by atoms with van der Waals surface area (Å²) >= 11 is 0. The molecule has 0 spiro atoms. The molecule has 1 N–H and O–H groups in total. The first-order chi connectivity index (χ1) is 12.1. The molecule has 3 aromatic rings. The summed E-state index contributed by atoms with van der Waals surface area (Å²) in [6, 6.07) is 11.1. The Kier molecular flexibility index (Phi) is 4.38. The molecule has 10 heteroatoms. The Morgan fingerprint density at radius 1 is 1.00 bits per heavy atom. The van der Waals surface area contributed by atoms with E-state index in [1.165, 1.54) is 6.07 Å². The van der Waals surface area contributed by atoms with Gasteiger partial charge in [-0.3, -0.25) is 4.57 Å². The molecule has 0 aliphatic carbocycles. The zero-order chi connectivity index (χ0) is 19.1. The van der Waals surface area contributed by atoms with Crippen molar-refractivity contribution in [2.75, 3.05) is 5.32 Å². The molecule has 6 radical (unpaired) electrons. The van der Waals surface area contributed by atoms with E-state index in [1.807, 2.05) is 0 Å². The molecule has 0 unspecified atom stereocenters. The third-order valence-corrected chi connectivity index (χ3v) is 3.57. The number of alkyl halides is 3. The second-order valence-corrected chi connectivity index (χ2v) is 5.70. The Morgan fingerprint density at radius 2 is 1.65 bits per heavy atom. The van der Waals surface area contributed by atoms with Crippen LogP contribution in [0.1, 0.15) is 5.56 Å². The van der Waals surface area contributed by atoms with E-state index in [1.54, 1.807) is 30.3 Å². The highest BCUT2D eigenvalue weighted by atomic mass is 19.4. The van der Waals surface area contributed by atoms with Crippen molar-refractivity contribution in [2.45, 2.75) is 11.4 Å². The second-order valence-electron chi connectivity index (χ2n) is 5.70. The minimum Gasteiger partial charge on any atom is -0.389 e. The fourth-order valence-electron chi connectivity index (χ4n) is 2.53. The molecule has 0 fully saturated rings. The summed E-state index contributed by atoms with van der Waals surface area (Å²) in [7, 11) is 16.4. The van der Waals surface area contributed by atoms with Crippen LogP contribution in [0.15, 0.2) is 53.3 Å². The van der Waals surface area contributed by atoms with E-state index >= 15 is 0 Å². The highest BCUT2D eigenvalue weighted by Gasteiger charge is 2.31. The van der Waals surface area contributed by atoms with Gasteiger partial charge in [-0.15, -0.1) is 0 Å². The molecule has 0 atom stereocenters. The van der Waals surface area contributed by atoms with Crippen LogP contribution in [0.3, 0.4) is 0 Å². The van der Waals surface area contributed by atoms with Crippen LogP contribution in [0.5, 0.6) is 0 Å². The summed E-state index contributed by atoms with van der Waals surface area (Å²) in [5.41, 5.74) is -1.38. The largest absolute Gasteiger partial charge is 0.416 e. The van der Waals surface area contributed by atoms with Crippen molar-refractivity contribution in [3.8, 4) is 5.69 Å². The molecule has 0 amide bonds. The SMILES string of the molecule is [B]C([B])([B])Nc1nc(=O)n(-c2ccccc2)c2cc(C(F)(F)F)ccc12. The lowest BCUT2D eigenvalue weighted by Gasteiger charge is -2.24.